The predicted molar refractivity (Wildman–Crippen MR) is 350 cm³/mol. The Hall–Kier alpha value is -10.2. The lowest BCUT2D eigenvalue weighted by atomic mass is 9.74. The molecule has 0 bridgehead atoms. The molecule has 2 unspecified atom stereocenters. The van der Waals surface area contributed by atoms with Gasteiger partial charge in [-0.2, -0.15) is 29.0 Å². The maximum atomic E-state index is 15.8. The van der Waals surface area contributed by atoms with Gasteiger partial charge in [-0.15, -0.1) is 11.8 Å². The molecule has 0 amide bonds. The van der Waals surface area contributed by atoms with Crippen LogP contribution in [0.4, 0.5) is 18.9 Å². The molecule has 0 fully saturated rings. The number of ether oxygens (including phenoxy) is 5. The number of rotatable bonds is 20. The van der Waals surface area contributed by atoms with Gasteiger partial charge >= 0.3 is 30.1 Å². The number of benzene rings is 6. The van der Waals surface area contributed by atoms with Crippen LogP contribution in [-0.4, -0.2) is 61.1 Å². The van der Waals surface area contributed by atoms with Crippen LogP contribution < -0.4 is 14.4 Å². The van der Waals surface area contributed by atoms with Crippen molar-refractivity contribution in [2.45, 2.75) is 96.9 Å². The molecular weight excluding hydrogens is 1190 g/mol. The van der Waals surface area contributed by atoms with E-state index in [-0.39, 0.29) is 65.4 Å². The highest BCUT2D eigenvalue weighted by molar-refractivity contribution is 8.03. The Balaban J connectivity index is 1.03. The number of halogens is 3. The summed E-state index contributed by atoms with van der Waals surface area (Å²) < 4.78 is 75.3. The van der Waals surface area contributed by atoms with E-state index in [0.717, 1.165) is 84.6 Å². The number of alkyl halides is 3. The summed E-state index contributed by atoms with van der Waals surface area (Å²) in [6, 6.07) is 38.4. The van der Waals surface area contributed by atoms with Crippen LogP contribution in [0.2, 0.25) is 0 Å². The number of anilines is 1. The summed E-state index contributed by atoms with van der Waals surface area (Å²) in [5.41, 5.74) is 0.280. The smallest absolute Gasteiger partial charge is 0.437 e. The molecule has 9 rings (SSSR count). The van der Waals surface area contributed by atoms with Gasteiger partial charge in [0.25, 0.3) is 5.60 Å². The minimum Gasteiger partial charge on any atom is -0.465 e. The highest BCUT2D eigenvalue weighted by Gasteiger charge is 2.65. The largest absolute Gasteiger partial charge is 0.465 e. The summed E-state index contributed by atoms with van der Waals surface area (Å²) >= 11 is 1.35. The van der Waals surface area contributed by atoms with Gasteiger partial charge in [-0.3, -0.25) is 4.79 Å². The van der Waals surface area contributed by atoms with Crippen LogP contribution >= 0.6 is 11.8 Å². The van der Waals surface area contributed by atoms with Gasteiger partial charge in [0, 0.05) is 57.7 Å². The van der Waals surface area contributed by atoms with E-state index in [2.05, 4.69) is 95.1 Å². The van der Waals surface area contributed by atoms with Gasteiger partial charge in [0.2, 0.25) is 0 Å². The van der Waals surface area contributed by atoms with Crippen molar-refractivity contribution >= 4 is 68.9 Å². The summed E-state index contributed by atoms with van der Waals surface area (Å²) in [5, 5.41) is 34.7. The minimum absolute atomic E-state index is 0.103. The minimum atomic E-state index is -5.20. The Labute approximate surface area is 537 Å². The monoisotopic (exact) mass is 1260 g/mol. The van der Waals surface area contributed by atoms with Gasteiger partial charge < -0.3 is 28.6 Å². The van der Waals surface area contributed by atoms with Crippen molar-refractivity contribution in [2.24, 2.45) is 5.41 Å². The van der Waals surface area contributed by atoms with Gasteiger partial charge in [0.1, 0.15) is 48.5 Å². The highest BCUT2D eigenvalue weighted by atomic mass is 32.2. The maximum absolute atomic E-state index is 15.8. The van der Waals surface area contributed by atoms with Crippen molar-refractivity contribution in [1.82, 2.24) is 0 Å². The van der Waals surface area contributed by atoms with Crippen molar-refractivity contribution in [3.63, 3.8) is 0 Å². The zero-order valence-electron chi connectivity index (χ0n) is 51.9. The van der Waals surface area contributed by atoms with Crippen LogP contribution in [0.25, 0.3) is 27.6 Å². The van der Waals surface area contributed by atoms with Crippen LogP contribution in [-0.2, 0) is 40.6 Å². The van der Waals surface area contributed by atoms with Crippen LogP contribution in [0.1, 0.15) is 104 Å². The number of hydrogen-bond donors (Lipinski definition) is 0. The SMILES string of the molecule is C=CC(=O)Oc1cc(OC(=O)C=C)cc(C(=O)OCCSC2=C(/C=C/c3cc4c(cc3C)N(CCOC(=O)CCc3c5ccccc5cc5ccccc35)C(C)(C)CC4C)CC(C)(C)C/C2=C\C=C\C2=C(C#N)C(=C(C#N)C#N)OC2(c2ccccc2)C(F)(F)F)c1. The normalized spacial score (nSPS) is 18.0. The molecule has 0 aromatic heterocycles. The molecule has 2 heterocycles. The van der Waals surface area contributed by atoms with E-state index < -0.39 is 57.6 Å². The number of aryl methyl sites for hydroxylation is 2. The standard InChI is InChI=1S/C75H67F3N4O9S/c1-9-66(83)89-57-37-54(38-58(40-57)90-67(84)10-2)71(86)88-33-34-92-70-52(21-18-26-64-63(46-81)69(55(44-79)45-80)91-74(64,75(76,77)78)56-22-12-11-13-23-56)42-72(5,6)43-53(70)28-27-49-39-62-48(4)41-73(7,8)82(65(62)35-47(49)3)31-32-87-68(85)30-29-61-59-24-16-14-19-50(59)36-51-20-15-17-25-60(51)61/h9-28,35-40,48H,1-2,29-34,41-43H2,3-8H3/b26-18+,28-27+,52-21+. The van der Waals surface area contributed by atoms with E-state index in [1.165, 1.54) is 66.4 Å². The summed E-state index contributed by atoms with van der Waals surface area (Å²) in [7, 11) is 0. The second-order valence-corrected chi connectivity index (χ2v) is 25.1. The molecule has 13 nitrogen and oxygen atoms in total. The van der Waals surface area contributed by atoms with E-state index >= 15 is 13.2 Å². The Morgan fingerprint density at radius 3 is 2.02 bits per heavy atom. The first-order chi connectivity index (χ1) is 43.9. The highest BCUT2D eigenvalue weighted by Crippen LogP contribution is 2.56. The Kier molecular flexibility index (Phi) is 20.1. The number of nitriles is 3. The first kappa shape index (κ1) is 66.3. The van der Waals surface area contributed by atoms with Crippen LogP contribution in [0, 0.1) is 46.3 Å². The third-order valence-electron chi connectivity index (χ3n) is 16.5. The van der Waals surface area contributed by atoms with Crippen LogP contribution in [0.15, 0.2) is 203 Å². The van der Waals surface area contributed by atoms with E-state index in [0.29, 0.717) is 31.4 Å². The van der Waals surface area contributed by atoms with Gasteiger partial charge in [0.15, 0.2) is 11.3 Å². The molecule has 0 radical (unpaired) electrons. The lowest BCUT2D eigenvalue weighted by Gasteiger charge is -2.47. The number of nitrogens with zero attached hydrogens (tertiary/aromatic N) is 4. The second-order valence-electron chi connectivity index (χ2n) is 24.0. The van der Waals surface area contributed by atoms with Gasteiger partial charge in [-0.05, 0) is 143 Å². The number of esters is 4. The number of hydrogen-bond acceptors (Lipinski definition) is 14. The van der Waals surface area contributed by atoms with Crippen molar-refractivity contribution in [3.05, 3.63) is 237 Å². The summed E-state index contributed by atoms with van der Waals surface area (Å²) in [6.45, 7) is 20.1. The van der Waals surface area contributed by atoms with Gasteiger partial charge in [0.05, 0.1) is 12.1 Å². The van der Waals surface area contributed by atoms with Crippen molar-refractivity contribution < 1.29 is 56.0 Å². The Bertz CT molecular complexity index is 4190. The first-order valence-corrected chi connectivity index (χ1v) is 30.8. The molecule has 6 aromatic rings. The quantitative estimate of drug-likeness (QED) is 0.0175. The average molecular weight is 1260 g/mol. The number of allylic oxidation sites excluding steroid dienone is 7. The molecule has 0 saturated carbocycles. The van der Waals surface area contributed by atoms with Crippen molar-refractivity contribution in [1.29, 1.82) is 15.8 Å². The van der Waals surface area contributed by atoms with E-state index in [1.807, 2.05) is 43.3 Å². The molecule has 1 aliphatic carbocycles. The van der Waals surface area contributed by atoms with E-state index in [4.69, 9.17) is 23.7 Å². The lowest BCUT2D eigenvalue weighted by molar-refractivity contribution is -0.249. The van der Waals surface area contributed by atoms with Crippen molar-refractivity contribution in [2.75, 3.05) is 30.4 Å². The first-order valence-electron chi connectivity index (χ1n) is 29.8. The fourth-order valence-corrected chi connectivity index (χ4v) is 13.5. The fourth-order valence-electron chi connectivity index (χ4n) is 12.5. The number of carbonyl (C=O) groups excluding carboxylic acids is 4. The number of fused-ring (bicyclic) bond motifs is 3. The molecule has 92 heavy (non-hydrogen) atoms. The third kappa shape index (κ3) is 14.4. The molecule has 468 valence electrons. The summed E-state index contributed by atoms with van der Waals surface area (Å²) in [4.78, 5) is 54.6. The topological polar surface area (TPSA) is 189 Å². The zero-order chi connectivity index (χ0) is 66.1. The molecule has 6 aromatic carbocycles. The van der Waals surface area contributed by atoms with E-state index in [1.54, 1.807) is 24.3 Å². The number of carbonyl (C=O) groups is 4. The molecule has 0 spiro atoms. The fraction of sp³-hybridized carbons (Fsp3) is 0.267. The van der Waals surface area contributed by atoms with Crippen molar-refractivity contribution in [3.8, 4) is 29.7 Å². The molecule has 3 aliphatic rings. The molecule has 0 N–H and O–H groups in total. The summed E-state index contributed by atoms with van der Waals surface area (Å²) in [5.74, 6) is -3.49. The average Bonchev–Trinajstić information content (AvgIpc) is 1.52. The van der Waals surface area contributed by atoms with Gasteiger partial charge in [-0.25, -0.2) is 14.4 Å². The molecule has 17 heteroatoms. The maximum Gasteiger partial charge on any atom is 0.437 e. The van der Waals surface area contributed by atoms with Crippen LogP contribution in [0.5, 0.6) is 11.5 Å². The Morgan fingerprint density at radius 1 is 0.783 bits per heavy atom. The zero-order valence-corrected chi connectivity index (χ0v) is 52.7. The van der Waals surface area contributed by atoms with Crippen LogP contribution in [0.3, 0.4) is 0 Å². The molecule has 2 atom stereocenters. The molecule has 0 saturated heterocycles. The van der Waals surface area contributed by atoms with Gasteiger partial charge in [-0.1, -0.05) is 143 Å². The Morgan fingerprint density at radius 2 is 1.41 bits per heavy atom. The lowest BCUT2D eigenvalue weighted by Crippen LogP contribution is -2.50. The molecule has 2 aliphatic heterocycles. The second kappa shape index (κ2) is 27.9. The number of thioether (sulfide) groups is 1. The predicted octanol–water partition coefficient (Wildman–Crippen LogP) is 16.5. The summed E-state index contributed by atoms with van der Waals surface area (Å²) in [6.07, 6.45) is 7.50. The molecular formula is C75H67F3N4O9S. The third-order valence-corrected chi connectivity index (χ3v) is 17.7. The van der Waals surface area contributed by atoms with E-state index in [9.17, 15) is 35.0 Å².